The van der Waals surface area contributed by atoms with Crippen LogP contribution in [-0.4, -0.2) is 45.6 Å². The van der Waals surface area contributed by atoms with Gasteiger partial charge in [-0.3, -0.25) is 5.32 Å². The lowest BCUT2D eigenvalue weighted by Crippen LogP contribution is -2.31. The third-order valence-corrected chi connectivity index (χ3v) is 6.96. The summed E-state index contributed by atoms with van der Waals surface area (Å²) in [7, 11) is -3.44. The van der Waals surface area contributed by atoms with E-state index in [0.29, 0.717) is 22.2 Å². The molecule has 0 heterocycles. The molecule has 4 aromatic carbocycles. The Balaban J connectivity index is 0.000000236. The Morgan fingerprint density at radius 2 is 1.40 bits per heavy atom. The number of hydrogen-bond donors (Lipinski definition) is 6. The van der Waals surface area contributed by atoms with Gasteiger partial charge in [0.05, 0.1) is 21.4 Å². The van der Waals surface area contributed by atoms with Crippen molar-refractivity contribution in [2.45, 2.75) is 6.92 Å². The number of hydrogen-bond acceptors (Lipinski definition) is 8. The van der Waals surface area contributed by atoms with Gasteiger partial charge in [-0.1, -0.05) is 76.7 Å². The van der Waals surface area contributed by atoms with Crippen LogP contribution >= 0.6 is 58.6 Å². The Morgan fingerprint density at radius 3 is 2.02 bits per heavy atom. The van der Waals surface area contributed by atoms with Crippen LogP contribution in [0.3, 0.4) is 0 Å². The average Bonchev–Trinajstić information content (AvgIpc) is 2.94. The van der Waals surface area contributed by atoms with E-state index < -0.39 is 20.3 Å². The lowest BCUT2D eigenvalue weighted by Gasteiger charge is -2.14. The van der Waals surface area contributed by atoms with Crippen molar-refractivity contribution in [1.82, 2.24) is 0 Å². The molecule has 0 saturated heterocycles. The first-order valence-corrected chi connectivity index (χ1v) is 14.1. The molecule has 6 N–H and O–H groups in total. The van der Waals surface area contributed by atoms with Crippen molar-refractivity contribution in [2.75, 3.05) is 10.6 Å². The lowest BCUT2D eigenvalue weighted by molar-refractivity contribution is 0.215. The summed E-state index contributed by atoms with van der Waals surface area (Å²) in [6, 6.07) is 20.9. The standard InChI is InChI=1S/C14H12BCl2NO3S.C13H10BCl2NO4/c1-8-4-2-3-5-13(8)21-14(22)18-12-6-9(15(19)20)10(16)7-11(12)17;15-8-4-6-9(7-5-8)21-13(18)17-11-3-1-2-10(12(11)16)14(19)20/h2-7,19-20H,1H3,(H,18,22);1-7,19-20H,(H,17,18). The quantitative estimate of drug-likeness (QED) is 0.122. The molecule has 0 aliphatic rings. The highest BCUT2D eigenvalue weighted by atomic mass is 35.5. The molecule has 0 atom stereocenters. The van der Waals surface area contributed by atoms with E-state index in [-0.39, 0.29) is 36.9 Å². The number of thiocarbonyl (C=S) groups is 1. The maximum atomic E-state index is 11.8. The van der Waals surface area contributed by atoms with Crippen LogP contribution in [0.4, 0.5) is 16.2 Å². The minimum Gasteiger partial charge on any atom is -0.431 e. The summed E-state index contributed by atoms with van der Waals surface area (Å²) in [5.74, 6) is 0.930. The number of benzene rings is 4. The van der Waals surface area contributed by atoms with Crippen molar-refractivity contribution < 1.29 is 34.4 Å². The van der Waals surface area contributed by atoms with E-state index in [1.54, 1.807) is 18.2 Å². The molecule has 0 aliphatic carbocycles. The number of ether oxygens (including phenoxy) is 2. The van der Waals surface area contributed by atoms with Gasteiger partial charge in [-0.05, 0) is 73.2 Å². The van der Waals surface area contributed by atoms with Gasteiger partial charge in [-0.15, -0.1) is 0 Å². The molecule has 0 spiro atoms. The number of para-hydroxylation sites is 1. The number of carbonyl (C=O) groups excluding carboxylic acids is 1. The van der Waals surface area contributed by atoms with Gasteiger partial charge in [0.15, 0.2) is 0 Å². The first-order valence-electron chi connectivity index (χ1n) is 12.1. The van der Waals surface area contributed by atoms with Crippen LogP contribution in [0.2, 0.25) is 20.1 Å². The number of halogens is 4. The molecule has 9 nitrogen and oxygen atoms in total. The molecule has 0 aliphatic heterocycles. The summed E-state index contributed by atoms with van der Waals surface area (Å²) in [6.07, 6.45) is -0.760. The Morgan fingerprint density at radius 1 is 0.744 bits per heavy atom. The number of amides is 1. The van der Waals surface area contributed by atoms with Gasteiger partial charge in [-0.25, -0.2) is 4.79 Å². The molecule has 222 valence electrons. The zero-order valence-corrected chi connectivity index (χ0v) is 25.9. The van der Waals surface area contributed by atoms with Crippen LogP contribution in [0.25, 0.3) is 0 Å². The van der Waals surface area contributed by atoms with Crippen molar-refractivity contribution in [3.05, 3.63) is 105 Å². The van der Waals surface area contributed by atoms with E-state index in [1.165, 1.54) is 42.5 Å². The minimum absolute atomic E-state index is 0.0283. The van der Waals surface area contributed by atoms with Gasteiger partial charge < -0.3 is 34.9 Å². The Kier molecular flexibility index (Phi) is 12.9. The average molecular weight is 682 g/mol. The van der Waals surface area contributed by atoms with E-state index in [0.717, 1.165) is 5.56 Å². The molecule has 0 saturated carbocycles. The fourth-order valence-electron chi connectivity index (χ4n) is 3.36. The van der Waals surface area contributed by atoms with Crippen molar-refractivity contribution in [3.63, 3.8) is 0 Å². The first-order chi connectivity index (χ1) is 20.3. The maximum absolute atomic E-state index is 11.8. The highest BCUT2D eigenvalue weighted by Gasteiger charge is 2.20. The lowest BCUT2D eigenvalue weighted by atomic mass is 9.80. The van der Waals surface area contributed by atoms with Gasteiger partial charge in [0.2, 0.25) is 0 Å². The summed E-state index contributed by atoms with van der Waals surface area (Å²) < 4.78 is 10.6. The molecule has 0 aromatic heterocycles. The smallest absolute Gasteiger partial charge is 0.431 e. The zero-order chi connectivity index (χ0) is 31.7. The molecule has 0 bridgehead atoms. The monoisotopic (exact) mass is 680 g/mol. The molecule has 4 aromatic rings. The van der Waals surface area contributed by atoms with Crippen LogP contribution in [0, 0.1) is 6.92 Å². The second kappa shape index (κ2) is 16.2. The molecule has 0 fully saturated rings. The maximum Gasteiger partial charge on any atom is 0.490 e. The second-order valence-corrected chi connectivity index (χ2v) is 10.6. The van der Waals surface area contributed by atoms with Gasteiger partial charge in [0, 0.05) is 21.0 Å². The topological polar surface area (TPSA) is 141 Å². The van der Waals surface area contributed by atoms with Crippen molar-refractivity contribution in [3.8, 4) is 11.5 Å². The van der Waals surface area contributed by atoms with Gasteiger partial charge in [0.25, 0.3) is 5.17 Å². The van der Waals surface area contributed by atoms with Crippen LogP contribution in [-0.2, 0) is 0 Å². The van der Waals surface area contributed by atoms with Crippen molar-refractivity contribution >= 4 is 106 Å². The molecule has 0 unspecified atom stereocenters. The zero-order valence-electron chi connectivity index (χ0n) is 22.1. The predicted molar refractivity (Wildman–Crippen MR) is 177 cm³/mol. The first kappa shape index (κ1) is 34.5. The van der Waals surface area contributed by atoms with E-state index >= 15 is 0 Å². The Bertz CT molecular complexity index is 1600. The summed E-state index contributed by atoms with van der Waals surface area (Å²) in [6.45, 7) is 1.90. The third-order valence-electron chi connectivity index (χ3n) is 5.47. The summed E-state index contributed by atoms with van der Waals surface area (Å²) in [5.41, 5.74) is 1.71. The molecule has 16 heteroatoms. The van der Waals surface area contributed by atoms with Gasteiger partial charge in [0.1, 0.15) is 11.5 Å². The normalized spacial score (nSPS) is 10.2. The van der Waals surface area contributed by atoms with E-state index in [2.05, 4.69) is 10.6 Å². The van der Waals surface area contributed by atoms with Gasteiger partial charge >= 0.3 is 20.3 Å². The molecule has 0 radical (unpaired) electrons. The number of carbonyl (C=O) groups is 1. The van der Waals surface area contributed by atoms with Crippen LogP contribution < -0.4 is 31.0 Å². The Labute approximate surface area is 273 Å². The van der Waals surface area contributed by atoms with Gasteiger partial charge in [-0.2, -0.15) is 0 Å². The molecule has 4 rings (SSSR count). The van der Waals surface area contributed by atoms with Crippen LogP contribution in [0.1, 0.15) is 5.56 Å². The highest BCUT2D eigenvalue weighted by molar-refractivity contribution is 7.80. The van der Waals surface area contributed by atoms with Crippen molar-refractivity contribution in [2.24, 2.45) is 0 Å². The second-order valence-electron chi connectivity index (χ2n) is 8.56. The van der Waals surface area contributed by atoms with E-state index in [4.69, 9.17) is 78.1 Å². The Hall–Kier alpha value is -3.03. The van der Waals surface area contributed by atoms with E-state index in [9.17, 15) is 14.8 Å². The van der Waals surface area contributed by atoms with Crippen LogP contribution in [0.15, 0.2) is 78.9 Å². The predicted octanol–water partition coefficient (Wildman–Crippen LogP) is 5.04. The fraction of sp³-hybridized carbons (Fsp3) is 0.0370. The SMILES string of the molecule is Cc1ccccc1OC(=S)Nc1cc(B(O)O)c(Cl)cc1Cl.O=C(Nc1cccc(B(O)O)c1Cl)Oc1ccc(Cl)cc1. The van der Waals surface area contributed by atoms with E-state index in [1.807, 2.05) is 25.1 Å². The third kappa shape index (κ3) is 10.3. The molecule has 1 amide bonds. The van der Waals surface area contributed by atoms with Crippen molar-refractivity contribution in [1.29, 1.82) is 0 Å². The molecular formula is C27H22B2Cl4N2O7S. The number of rotatable bonds is 6. The molecule has 43 heavy (non-hydrogen) atoms. The fourth-order valence-corrected chi connectivity index (χ4v) is 4.48. The van der Waals surface area contributed by atoms with Crippen LogP contribution in [0.5, 0.6) is 11.5 Å². The summed E-state index contributed by atoms with van der Waals surface area (Å²) in [5, 5.41) is 43.1. The largest absolute Gasteiger partial charge is 0.490 e. The number of anilines is 2. The minimum atomic E-state index is -1.73. The number of aryl methyl sites for hydroxylation is 1. The summed E-state index contributed by atoms with van der Waals surface area (Å²) >= 11 is 28.8. The highest BCUT2D eigenvalue weighted by Crippen LogP contribution is 2.26. The summed E-state index contributed by atoms with van der Waals surface area (Å²) in [4.78, 5) is 11.8. The number of nitrogens with one attached hydrogen (secondary N) is 2. The molecular weight excluding hydrogens is 660 g/mol.